The SMILES string of the molecule is CN(CC1(O)CCOCC1)c1ccc(F)cc1C#N. The summed E-state index contributed by atoms with van der Waals surface area (Å²) in [5.74, 6) is -0.432. The van der Waals surface area contributed by atoms with Crippen LogP contribution in [0.15, 0.2) is 18.2 Å². The first-order valence-corrected chi connectivity index (χ1v) is 6.25. The number of likely N-dealkylation sites (N-methyl/N-ethyl adjacent to an activating group) is 1. The second-order valence-corrected chi connectivity index (χ2v) is 4.97. The van der Waals surface area contributed by atoms with Gasteiger partial charge in [0.1, 0.15) is 11.9 Å². The summed E-state index contributed by atoms with van der Waals surface area (Å²) in [6.07, 6.45) is 1.14. The van der Waals surface area contributed by atoms with Crippen LogP contribution >= 0.6 is 0 Å². The quantitative estimate of drug-likeness (QED) is 0.902. The molecule has 0 bridgehead atoms. The van der Waals surface area contributed by atoms with Gasteiger partial charge in [-0.3, -0.25) is 0 Å². The smallest absolute Gasteiger partial charge is 0.124 e. The fraction of sp³-hybridized carbons (Fsp3) is 0.500. The molecule has 1 fully saturated rings. The molecule has 4 nitrogen and oxygen atoms in total. The van der Waals surface area contributed by atoms with Gasteiger partial charge >= 0.3 is 0 Å². The van der Waals surface area contributed by atoms with Crippen LogP contribution in [-0.4, -0.2) is 37.5 Å². The van der Waals surface area contributed by atoms with Gasteiger partial charge in [-0.25, -0.2) is 4.39 Å². The number of ether oxygens (including phenoxy) is 1. The lowest BCUT2D eigenvalue weighted by atomic mass is 9.93. The van der Waals surface area contributed by atoms with Crippen LogP contribution in [0.3, 0.4) is 0 Å². The maximum Gasteiger partial charge on any atom is 0.124 e. The van der Waals surface area contributed by atoms with Gasteiger partial charge in [0.05, 0.1) is 16.9 Å². The average molecular weight is 264 g/mol. The predicted molar refractivity (Wildman–Crippen MR) is 69.4 cm³/mol. The molecule has 0 spiro atoms. The van der Waals surface area contributed by atoms with Crippen molar-refractivity contribution < 1.29 is 14.2 Å². The third kappa shape index (κ3) is 3.22. The molecule has 0 amide bonds. The van der Waals surface area contributed by atoms with E-state index in [1.807, 2.05) is 6.07 Å². The van der Waals surface area contributed by atoms with Crippen molar-refractivity contribution in [1.29, 1.82) is 5.26 Å². The Morgan fingerprint density at radius 1 is 1.47 bits per heavy atom. The molecule has 0 saturated carbocycles. The summed E-state index contributed by atoms with van der Waals surface area (Å²) in [6.45, 7) is 1.48. The molecule has 1 N–H and O–H groups in total. The number of halogens is 1. The molecule has 1 aromatic carbocycles. The molecule has 2 rings (SSSR count). The van der Waals surface area contributed by atoms with Crippen LogP contribution in [0.1, 0.15) is 18.4 Å². The second kappa shape index (κ2) is 5.55. The first-order valence-electron chi connectivity index (χ1n) is 6.25. The fourth-order valence-corrected chi connectivity index (χ4v) is 2.37. The Hall–Kier alpha value is -1.64. The molecule has 19 heavy (non-hydrogen) atoms. The highest BCUT2D eigenvalue weighted by Gasteiger charge is 2.31. The largest absolute Gasteiger partial charge is 0.388 e. The van der Waals surface area contributed by atoms with Gasteiger partial charge < -0.3 is 14.7 Å². The summed E-state index contributed by atoms with van der Waals surface area (Å²) in [7, 11) is 1.79. The van der Waals surface area contributed by atoms with E-state index in [-0.39, 0.29) is 5.56 Å². The maximum absolute atomic E-state index is 13.1. The Morgan fingerprint density at radius 3 is 2.79 bits per heavy atom. The summed E-state index contributed by atoms with van der Waals surface area (Å²) in [4.78, 5) is 1.79. The molecule has 5 heteroatoms. The van der Waals surface area contributed by atoms with Gasteiger partial charge in [0, 0.05) is 39.6 Å². The lowest BCUT2D eigenvalue weighted by molar-refractivity contribution is -0.0572. The molecular weight excluding hydrogens is 247 g/mol. The van der Waals surface area contributed by atoms with Crippen molar-refractivity contribution in [1.82, 2.24) is 0 Å². The van der Waals surface area contributed by atoms with Gasteiger partial charge in [-0.15, -0.1) is 0 Å². The summed E-state index contributed by atoms with van der Waals surface area (Å²) in [6, 6.07) is 6.07. The van der Waals surface area contributed by atoms with Crippen LogP contribution in [0.2, 0.25) is 0 Å². The first-order chi connectivity index (χ1) is 9.04. The summed E-state index contributed by atoms with van der Waals surface area (Å²) >= 11 is 0. The normalized spacial score (nSPS) is 17.8. The molecule has 1 aliphatic rings. The van der Waals surface area contributed by atoms with Gasteiger partial charge in [-0.2, -0.15) is 5.26 Å². The highest BCUT2D eigenvalue weighted by molar-refractivity contribution is 5.59. The van der Waals surface area contributed by atoms with Crippen LogP contribution < -0.4 is 4.90 Å². The van der Waals surface area contributed by atoms with Crippen molar-refractivity contribution in [2.45, 2.75) is 18.4 Å². The molecule has 0 radical (unpaired) electrons. The zero-order valence-corrected chi connectivity index (χ0v) is 10.9. The van der Waals surface area contributed by atoms with E-state index in [2.05, 4.69) is 0 Å². The van der Waals surface area contributed by atoms with Gasteiger partial charge in [-0.05, 0) is 18.2 Å². The van der Waals surface area contributed by atoms with Crippen LogP contribution in [0, 0.1) is 17.1 Å². The van der Waals surface area contributed by atoms with Crippen LogP contribution in [0.4, 0.5) is 10.1 Å². The Kier molecular flexibility index (Phi) is 4.03. The lowest BCUT2D eigenvalue weighted by Gasteiger charge is -2.36. The van der Waals surface area contributed by atoms with E-state index in [1.54, 1.807) is 18.0 Å². The Balaban J connectivity index is 2.15. The van der Waals surface area contributed by atoms with Crippen molar-refractivity contribution in [3.8, 4) is 6.07 Å². The van der Waals surface area contributed by atoms with E-state index in [9.17, 15) is 9.50 Å². The average Bonchev–Trinajstić information content (AvgIpc) is 2.38. The third-order valence-corrected chi connectivity index (χ3v) is 3.45. The lowest BCUT2D eigenvalue weighted by Crippen LogP contribution is -2.45. The zero-order valence-electron chi connectivity index (χ0n) is 10.9. The molecule has 102 valence electrons. The number of nitrogens with zero attached hydrogens (tertiary/aromatic N) is 2. The highest BCUT2D eigenvalue weighted by Crippen LogP contribution is 2.26. The van der Waals surface area contributed by atoms with E-state index in [4.69, 9.17) is 10.00 Å². The summed E-state index contributed by atoms with van der Waals surface area (Å²) in [5.41, 5.74) is 0.0932. The van der Waals surface area contributed by atoms with Gasteiger partial charge in [-0.1, -0.05) is 0 Å². The zero-order chi connectivity index (χ0) is 13.9. The molecule has 0 atom stereocenters. The predicted octanol–water partition coefficient (Wildman–Crippen LogP) is 1.68. The third-order valence-electron chi connectivity index (χ3n) is 3.45. The minimum absolute atomic E-state index is 0.276. The first kappa shape index (κ1) is 13.8. The van der Waals surface area contributed by atoms with E-state index in [1.165, 1.54) is 12.1 Å². The number of rotatable bonds is 3. The monoisotopic (exact) mass is 264 g/mol. The van der Waals surface area contributed by atoms with Crippen molar-refractivity contribution >= 4 is 5.69 Å². The van der Waals surface area contributed by atoms with E-state index in [0.717, 1.165) is 0 Å². The molecule has 0 aromatic heterocycles. The fourth-order valence-electron chi connectivity index (χ4n) is 2.37. The Morgan fingerprint density at radius 2 is 2.16 bits per heavy atom. The number of hydrogen-bond donors (Lipinski definition) is 1. The molecule has 1 aromatic rings. The number of anilines is 1. The number of aliphatic hydroxyl groups is 1. The maximum atomic E-state index is 13.1. The molecule has 0 unspecified atom stereocenters. The molecule has 0 aliphatic carbocycles. The van der Waals surface area contributed by atoms with Crippen molar-refractivity contribution in [2.24, 2.45) is 0 Å². The molecule has 1 saturated heterocycles. The Bertz CT molecular complexity index is 493. The van der Waals surface area contributed by atoms with Gasteiger partial charge in [0.25, 0.3) is 0 Å². The molecule has 1 aliphatic heterocycles. The second-order valence-electron chi connectivity index (χ2n) is 4.97. The van der Waals surface area contributed by atoms with E-state index >= 15 is 0 Å². The summed E-state index contributed by atoms with van der Waals surface area (Å²) in [5, 5.41) is 19.5. The molecule has 1 heterocycles. The topological polar surface area (TPSA) is 56.5 Å². The van der Waals surface area contributed by atoms with Crippen molar-refractivity contribution in [2.75, 3.05) is 31.7 Å². The minimum atomic E-state index is -0.811. The number of nitriles is 1. The number of benzene rings is 1. The molecular formula is C14H17FN2O2. The van der Waals surface area contributed by atoms with E-state index < -0.39 is 11.4 Å². The van der Waals surface area contributed by atoms with Crippen LogP contribution in [-0.2, 0) is 4.74 Å². The van der Waals surface area contributed by atoms with Crippen molar-refractivity contribution in [3.05, 3.63) is 29.6 Å². The van der Waals surface area contributed by atoms with Gasteiger partial charge in [0.2, 0.25) is 0 Å². The van der Waals surface area contributed by atoms with E-state index in [0.29, 0.717) is 38.3 Å². The highest BCUT2D eigenvalue weighted by atomic mass is 19.1. The van der Waals surface area contributed by atoms with Crippen LogP contribution in [0.25, 0.3) is 0 Å². The van der Waals surface area contributed by atoms with Crippen LogP contribution in [0.5, 0.6) is 0 Å². The standard InChI is InChI=1S/C14H17FN2O2/c1-17(10-14(18)4-6-19-7-5-14)13-3-2-12(15)8-11(13)9-16/h2-3,8,18H,4-7,10H2,1H3. The van der Waals surface area contributed by atoms with Crippen molar-refractivity contribution in [3.63, 3.8) is 0 Å². The minimum Gasteiger partial charge on any atom is -0.388 e. The van der Waals surface area contributed by atoms with Gasteiger partial charge in [0.15, 0.2) is 0 Å². The number of hydrogen-bond acceptors (Lipinski definition) is 4. The summed E-state index contributed by atoms with van der Waals surface area (Å²) < 4.78 is 18.3. The Labute approximate surface area is 112 Å².